The van der Waals surface area contributed by atoms with Crippen LogP contribution in [-0.2, 0) is 24.2 Å². The lowest BCUT2D eigenvalue weighted by Gasteiger charge is -2.20. The van der Waals surface area contributed by atoms with Gasteiger partial charge >= 0.3 is 5.97 Å². The minimum atomic E-state index is -1.08. The highest BCUT2D eigenvalue weighted by Crippen LogP contribution is 2.14. The lowest BCUT2D eigenvalue weighted by molar-refractivity contribution is -0.139. The molecular weight excluding hydrogens is 344 g/mol. The second kappa shape index (κ2) is 10.9. The third kappa shape index (κ3) is 6.22. The Bertz CT molecular complexity index is 707. The maximum atomic E-state index is 13.0. The Labute approximate surface area is 162 Å². The first-order valence-corrected chi connectivity index (χ1v) is 10.1. The summed E-state index contributed by atoms with van der Waals surface area (Å²) >= 11 is 0. The van der Waals surface area contributed by atoms with E-state index < -0.39 is 17.9 Å². The number of pyridine rings is 1. The van der Waals surface area contributed by atoms with Crippen molar-refractivity contribution in [3.05, 3.63) is 33.2 Å². The van der Waals surface area contributed by atoms with Gasteiger partial charge in [0.1, 0.15) is 11.6 Å². The van der Waals surface area contributed by atoms with Gasteiger partial charge in [-0.15, -0.1) is 0 Å². The van der Waals surface area contributed by atoms with Gasteiger partial charge in [-0.3, -0.25) is 9.59 Å². The molecule has 0 bridgehead atoms. The van der Waals surface area contributed by atoms with Crippen LogP contribution in [0.3, 0.4) is 0 Å². The molecule has 1 rings (SSSR count). The average molecular weight is 379 g/mol. The van der Waals surface area contributed by atoms with Gasteiger partial charge in [0, 0.05) is 12.2 Å². The number of carboxylic acid groups (broad SMARTS) is 1. The molecule has 6 heteroatoms. The molecule has 0 unspecified atom stereocenters. The molecule has 1 heterocycles. The van der Waals surface area contributed by atoms with E-state index in [0.717, 1.165) is 43.4 Å². The van der Waals surface area contributed by atoms with Crippen molar-refractivity contribution in [3.63, 3.8) is 0 Å². The number of aliphatic carboxylic acids is 1. The lowest BCUT2D eigenvalue weighted by Crippen LogP contribution is -2.44. The van der Waals surface area contributed by atoms with Gasteiger partial charge in [0.05, 0.1) is 0 Å². The van der Waals surface area contributed by atoms with Gasteiger partial charge in [-0.25, -0.2) is 4.79 Å². The number of carbonyl (C=O) groups excluding carboxylic acids is 1. The maximum Gasteiger partial charge on any atom is 0.326 e. The number of amides is 1. The van der Waals surface area contributed by atoms with Crippen molar-refractivity contribution in [2.45, 2.75) is 85.7 Å². The molecule has 0 saturated carbocycles. The van der Waals surface area contributed by atoms with Crippen LogP contribution >= 0.6 is 0 Å². The third-order valence-corrected chi connectivity index (χ3v) is 4.65. The van der Waals surface area contributed by atoms with Gasteiger partial charge in [-0.1, -0.05) is 47.5 Å². The van der Waals surface area contributed by atoms with Crippen molar-refractivity contribution in [2.24, 2.45) is 5.92 Å². The summed E-state index contributed by atoms with van der Waals surface area (Å²) in [6.45, 7) is 10.5. The van der Waals surface area contributed by atoms with Crippen LogP contribution in [-0.4, -0.2) is 27.6 Å². The van der Waals surface area contributed by atoms with Crippen molar-refractivity contribution in [2.75, 3.05) is 0 Å². The molecule has 1 aromatic rings. The number of hydrogen-bond acceptors (Lipinski definition) is 3. The van der Waals surface area contributed by atoms with Gasteiger partial charge < -0.3 is 15.0 Å². The minimum Gasteiger partial charge on any atom is -0.480 e. The molecular formula is C21H34N2O4. The summed E-state index contributed by atoms with van der Waals surface area (Å²) in [6.07, 6.45) is 4.55. The number of carbonyl (C=O) groups is 2. The molecule has 0 aliphatic heterocycles. The molecule has 1 atom stereocenters. The summed E-state index contributed by atoms with van der Waals surface area (Å²) in [6, 6.07) is 0.653. The maximum absolute atomic E-state index is 13.0. The Morgan fingerprint density at radius 3 is 2.33 bits per heavy atom. The predicted molar refractivity (Wildman–Crippen MR) is 107 cm³/mol. The first-order chi connectivity index (χ1) is 12.8. The summed E-state index contributed by atoms with van der Waals surface area (Å²) in [5, 5.41) is 11.9. The molecule has 0 saturated heterocycles. The number of nitrogens with zero attached hydrogens (tertiary/aromatic N) is 1. The highest BCUT2D eigenvalue weighted by Gasteiger charge is 2.24. The van der Waals surface area contributed by atoms with Crippen molar-refractivity contribution in [3.8, 4) is 0 Å². The zero-order valence-electron chi connectivity index (χ0n) is 17.3. The molecule has 0 spiro atoms. The van der Waals surface area contributed by atoms with E-state index in [1.165, 1.54) is 0 Å². The van der Waals surface area contributed by atoms with Crippen LogP contribution < -0.4 is 10.9 Å². The smallest absolute Gasteiger partial charge is 0.326 e. The SMILES string of the molecule is CCCCn1c(CCC)c(CC)cc(C(=O)N[C@@H](CC(C)C)C(=O)O)c1=O. The van der Waals surface area contributed by atoms with Crippen LogP contribution in [0.4, 0.5) is 0 Å². The zero-order valence-corrected chi connectivity index (χ0v) is 17.3. The van der Waals surface area contributed by atoms with E-state index in [4.69, 9.17) is 0 Å². The summed E-state index contributed by atoms with van der Waals surface area (Å²) in [5.74, 6) is -1.57. The fourth-order valence-electron chi connectivity index (χ4n) is 3.24. The minimum absolute atomic E-state index is 0.0396. The second-order valence-electron chi connectivity index (χ2n) is 7.44. The van der Waals surface area contributed by atoms with Gasteiger partial charge in [-0.05, 0) is 43.2 Å². The number of hydrogen-bond donors (Lipinski definition) is 2. The predicted octanol–water partition coefficient (Wildman–Crippen LogP) is 3.39. The Kier molecular flexibility index (Phi) is 9.26. The average Bonchev–Trinajstić information content (AvgIpc) is 2.60. The summed E-state index contributed by atoms with van der Waals surface area (Å²) in [7, 11) is 0. The number of nitrogens with one attached hydrogen (secondary N) is 1. The summed E-state index contributed by atoms with van der Waals surface area (Å²) in [4.78, 5) is 37.2. The van der Waals surface area contributed by atoms with Gasteiger partial charge in [0.2, 0.25) is 0 Å². The molecule has 1 amide bonds. The van der Waals surface area contributed by atoms with E-state index in [-0.39, 0.29) is 17.0 Å². The van der Waals surface area contributed by atoms with E-state index in [2.05, 4.69) is 19.2 Å². The Hall–Kier alpha value is -2.11. The third-order valence-electron chi connectivity index (χ3n) is 4.65. The molecule has 152 valence electrons. The summed E-state index contributed by atoms with van der Waals surface area (Å²) < 4.78 is 1.72. The van der Waals surface area contributed by atoms with Crippen LogP contribution in [0.2, 0.25) is 0 Å². The van der Waals surface area contributed by atoms with E-state index in [1.54, 1.807) is 10.6 Å². The molecule has 0 aromatic carbocycles. The fraction of sp³-hybridized carbons (Fsp3) is 0.667. The fourth-order valence-corrected chi connectivity index (χ4v) is 3.24. The van der Waals surface area contributed by atoms with Crippen LogP contribution in [0.15, 0.2) is 10.9 Å². The lowest BCUT2D eigenvalue weighted by atomic mass is 10.0. The second-order valence-corrected chi connectivity index (χ2v) is 7.44. The van der Waals surface area contributed by atoms with Gasteiger partial charge in [0.25, 0.3) is 11.5 Å². The number of rotatable bonds is 11. The van der Waals surface area contributed by atoms with Gasteiger partial charge in [-0.2, -0.15) is 0 Å². The molecule has 27 heavy (non-hydrogen) atoms. The Balaban J connectivity index is 3.35. The highest BCUT2D eigenvalue weighted by atomic mass is 16.4. The Morgan fingerprint density at radius 1 is 1.19 bits per heavy atom. The largest absolute Gasteiger partial charge is 0.480 e. The number of carboxylic acids is 1. The molecule has 0 aliphatic carbocycles. The van der Waals surface area contributed by atoms with Crippen molar-refractivity contribution in [1.29, 1.82) is 0 Å². The zero-order chi connectivity index (χ0) is 20.6. The standard InChI is InChI=1S/C21H34N2O4/c1-6-9-11-23-18(10-7-2)15(8-3)13-16(20(23)25)19(24)22-17(21(26)27)12-14(4)5/h13-14,17H,6-12H2,1-5H3,(H,22,24)(H,26,27)/t17-/m0/s1. The Morgan fingerprint density at radius 2 is 1.85 bits per heavy atom. The van der Waals surface area contributed by atoms with Crippen LogP contribution in [0.25, 0.3) is 0 Å². The quantitative estimate of drug-likeness (QED) is 0.618. The van der Waals surface area contributed by atoms with Crippen molar-refractivity contribution >= 4 is 11.9 Å². The molecule has 2 N–H and O–H groups in total. The number of aromatic nitrogens is 1. The first kappa shape index (κ1) is 22.9. The molecule has 1 aromatic heterocycles. The first-order valence-electron chi connectivity index (χ1n) is 10.1. The summed E-state index contributed by atoms with van der Waals surface area (Å²) in [5.41, 5.74) is 1.69. The van der Waals surface area contributed by atoms with Crippen molar-refractivity contribution < 1.29 is 14.7 Å². The monoisotopic (exact) mass is 378 g/mol. The molecule has 6 nitrogen and oxygen atoms in total. The normalized spacial score (nSPS) is 12.2. The van der Waals surface area contributed by atoms with Crippen LogP contribution in [0.1, 0.15) is 81.9 Å². The molecule has 0 aliphatic rings. The van der Waals surface area contributed by atoms with Crippen LogP contribution in [0, 0.1) is 5.92 Å². The van der Waals surface area contributed by atoms with E-state index in [0.29, 0.717) is 13.0 Å². The number of aryl methyl sites for hydroxylation is 1. The molecule has 0 fully saturated rings. The van der Waals surface area contributed by atoms with E-state index in [1.807, 2.05) is 20.8 Å². The van der Waals surface area contributed by atoms with Gasteiger partial charge in [0.15, 0.2) is 0 Å². The van der Waals surface area contributed by atoms with Crippen LogP contribution in [0.5, 0.6) is 0 Å². The highest BCUT2D eigenvalue weighted by molar-refractivity contribution is 5.96. The van der Waals surface area contributed by atoms with E-state index >= 15 is 0 Å². The molecule has 0 radical (unpaired) electrons. The van der Waals surface area contributed by atoms with E-state index in [9.17, 15) is 19.5 Å². The number of unbranched alkanes of at least 4 members (excludes halogenated alkanes) is 1. The topological polar surface area (TPSA) is 88.4 Å². The van der Waals surface area contributed by atoms with Crippen molar-refractivity contribution in [1.82, 2.24) is 9.88 Å².